The Bertz CT molecular complexity index is 563. The van der Waals surface area contributed by atoms with Crippen LogP contribution in [0.15, 0.2) is 47.0 Å². The zero-order valence-electron chi connectivity index (χ0n) is 13.5. The van der Waals surface area contributed by atoms with Gasteiger partial charge in [0.1, 0.15) is 11.6 Å². The fourth-order valence-electron chi connectivity index (χ4n) is 1.54. The second kappa shape index (κ2) is 7.99. The summed E-state index contributed by atoms with van der Waals surface area (Å²) in [5.41, 5.74) is 0.891. The lowest BCUT2D eigenvalue weighted by molar-refractivity contribution is 0.314. The third kappa shape index (κ3) is 6.31. The van der Waals surface area contributed by atoms with Crippen LogP contribution in [0.5, 0.6) is 0 Å². The summed E-state index contributed by atoms with van der Waals surface area (Å²) in [5, 5.41) is 9.30. The number of hydrogen-bond donors (Lipinski definition) is 1. The highest BCUT2D eigenvalue weighted by Crippen LogP contribution is 2.26. The summed E-state index contributed by atoms with van der Waals surface area (Å²) in [5.74, 6) is -0.987. The van der Waals surface area contributed by atoms with E-state index in [4.69, 9.17) is 0 Å². The van der Waals surface area contributed by atoms with Gasteiger partial charge in [-0.15, -0.1) is 0 Å². The lowest BCUT2D eigenvalue weighted by atomic mass is 9.82. The van der Waals surface area contributed by atoms with Crippen molar-refractivity contribution in [3.8, 4) is 0 Å². The number of aliphatic hydroxyl groups is 1. The first-order valence-electron chi connectivity index (χ1n) is 7.20. The Morgan fingerprint density at radius 1 is 1.23 bits per heavy atom. The maximum Gasteiger partial charge on any atom is 0.128 e. The van der Waals surface area contributed by atoms with Crippen molar-refractivity contribution in [1.82, 2.24) is 0 Å². The van der Waals surface area contributed by atoms with Gasteiger partial charge in [-0.05, 0) is 29.0 Å². The molecule has 1 rings (SSSR count). The SMILES string of the molecule is CC(/C=C\C=C(\C=Nc1cc(F)cc(F)c1)CO)C(C)(C)C. The smallest absolute Gasteiger partial charge is 0.128 e. The molecule has 0 heterocycles. The molecule has 0 saturated carbocycles. The van der Waals surface area contributed by atoms with Crippen molar-refractivity contribution in [3.05, 3.63) is 53.6 Å². The second-order valence-electron chi connectivity index (χ2n) is 6.33. The van der Waals surface area contributed by atoms with Gasteiger partial charge in [0.25, 0.3) is 0 Å². The Balaban J connectivity index is 2.81. The van der Waals surface area contributed by atoms with Gasteiger partial charge >= 0.3 is 0 Å². The van der Waals surface area contributed by atoms with Crippen molar-refractivity contribution in [2.75, 3.05) is 6.61 Å². The Morgan fingerprint density at radius 3 is 2.32 bits per heavy atom. The van der Waals surface area contributed by atoms with Gasteiger partial charge in [0.2, 0.25) is 0 Å². The zero-order valence-corrected chi connectivity index (χ0v) is 13.5. The molecule has 1 atom stereocenters. The number of nitrogens with zero attached hydrogens (tertiary/aromatic N) is 1. The molecule has 0 aliphatic carbocycles. The first-order valence-corrected chi connectivity index (χ1v) is 7.20. The second-order valence-corrected chi connectivity index (χ2v) is 6.33. The quantitative estimate of drug-likeness (QED) is 0.613. The van der Waals surface area contributed by atoms with E-state index in [-0.39, 0.29) is 17.7 Å². The molecule has 0 saturated heterocycles. The minimum absolute atomic E-state index is 0.164. The fraction of sp³-hybridized carbons (Fsp3) is 0.389. The van der Waals surface area contributed by atoms with E-state index in [0.29, 0.717) is 11.5 Å². The van der Waals surface area contributed by atoms with Crippen molar-refractivity contribution in [2.45, 2.75) is 27.7 Å². The maximum absolute atomic E-state index is 13.0. The largest absolute Gasteiger partial charge is 0.392 e. The van der Waals surface area contributed by atoms with Crippen LogP contribution in [0.4, 0.5) is 14.5 Å². The van der Waals surface area contributed by atoms with E-state index in [1.165, 1.54) is 6.21 Å². The Labute approximate surface area is 130 Å². The molecule has 120 valence electrons. The summed E-state index contributed by atoms with van der Waals surface area (Å²) in [7, 11) is 0. The van der Waals surface area contributed by atoms with Crippen molar-refractivity contribution in [3.63, 3.8) is 0 Å². The molecule has 0 aliphatic heterocycles. The van der Waals surface area contributed by atoms with E-state index >= 15 is 0 Å². The van der Waals surface area contributed by atoms with Gasteiger partial charge in [-0.2, -0.15) is 0 Å². The number of aliphatic hydroxyl groups excluding tert-OH is 1. The van der Waals surface area contributed by atoms with Crippen LogP contribution in [0.3, 0.4) is 0 Å². The van der Waals surface area contributed by atoms with Crippen LogP contribution in [-0.4, -0.2) is 17.9 Å². The maximum atomic E-state index is 13.0. The van der Waals surface area contributed by atoms with E-state index in [9.17, 15) is 13.9 Å². The highest BCUT2D eigenvalue weighted by Gasteiger charge is 2.16. The molecule has 0 aliphatic rings. The van der Waals surface area contributed by atoms with Gasteiger partial charge < -0.3 is 5.11 Å². The molecule has 1 aromatic rings. The van der Waals surface area contributed by atoms with E-state index in [1.807, 2.05) is 12.2 Å². The molecule has 0 bridgehead atoms. The topological polar surface area (TPSA) is 32.6 Å². The Hall–Kier alpha value is -1.81. The predicted octanol–water partition coefficient (Wildman–Crippen LogP) is 4.82. The normalized spacial score (nSPS) is 15.0. The molecule has 0 radical (unpaired) electrons. The van der Waals surface area contributed by atoms with E-state index < -0.39 is 11.6 Å². The highest BCUT2D eigenvalue weighted by atomic mass is 19.1. The van der Waals surface area contributed by atoms with Gasteiger partial charge in [-0.25, -0.2) is 8.78 Å². The summed E-state index contributed by atoms with van der Waals surface area (Å²) in [6.07, 6.45) is 7.05. The lowest BCUT2D eigenvalue weighted by Crippen LogP contribution is -2.14. The summed E-state index contributed by atoms with van der Waals surface area (Å²) < 4.78 is 26.1. The summed E-state index contributed by atoms with van der Waals surface area (Å²) in [6.45, 7) is 8.37. The predicted molar refractivity (Wildman–Crippen MR) is 87.4 cm³/mol. The zero-order chi connectivity index (χ0) is 16.8. The average Bonchev–Trinajstić information content (AvgIpc) is 2.40. The van der Waals surface area contributed by atoms with Crippen LogP contribution >= 0.6 is 0 Å². The third-order valence-corrected chi connectivity index (χ3v) is 3.49. The molecule has 0 fully saturated rings. The molecule has 4 heteroatoms. The van der Waals surface area contributed by atoms with Gasteiger partial charge in [-0.3, -0.25) is 4.99 Å². The monoisotopic (exact) mass is 307 g/mol. The van der Waals surface area contributed by atoms with Crippen molar-refractivity contribution < 1.29 is 13.9 Å². The molecule has 0 amide bonds. The number of allylic oxidation sites excluding steroid dienone is 3. The Morgan fingerprint density at radius 2 is 1.82 bits per heavy atom. The van der Waals surface area contributed by atoms with Crippen LogP contribution in [0.2, 0.25) is 0 Å². The van der Waals surface area contributed by atoms with Crippen LogP contribution in [0.1, 0.15) is 27.7 Å². The third-order valence-electron chi connectivity index (χ3n) is 3.49. The van der Waals surface area contributed by atoms with Gasteiger partial charge in [0.15, 0.2) is 0 Å². The van der Waals surface area contributed by atoms with Gasteiger partial charge in [-0.1, -0.05) is 45.9 Å². The van der Waals surface area contributed by atoms with Gasteiger partial charge in [0.05, 0.1) is 12.3 Å². The van der Waals surface area contributed by atoms with Gasteiger partial charge in [0, 0.05) is 12.3 Å². The molecule has 0 aromatic heterocycles. The number of hydrogen-bond acceptors (Lipinski definition) is 2. The average molecular weight is 307 g/mol. The standard InChI is InChI=1S/C18H23F2NO/c1-13(18(2,3)4)6-5-7-14(12-22)11-21-17-9-15(19)8-16(20)10-17/h5-11,13,22H,12H2,1-4H3/b6-5-,14-7-,21-11?. The fourth-order valence-corrected chi connectivity index (χ4v) is 1.54. The minimum atomic E-state index is -0.680. The molecular weight excluding hydrogens is 284 g/mol. The molecule has 22 heavy (non-hydrogen) atoms. The highest BCUT2D eigenvalue weighted by molar-refractivity contribution is 5.81. The number of benzene rings is 1. The number of halogens is 2. The van der Waals surface area contributed by atoms with Crippen LogP contribution < -0.4 is 0 Å². The summed E-state index contributed by atoms with van der Waals surface area (Å²) in [4.78, 5) is 3.98. The molecule has 1 unspecified atom stereocenters. The summed E-state index contributed by atoms with van der Waals surface area (Å²) in [6, 6.07) is 3.05. The first kappa shape index (κ1) is 18.2. The van der Waals surface area contributed by atoms with Crippen molar-refractivity contribution in [1.29, 1.82) is 0 Å². The number of rotatable bonds is 5. The summed E-state index contributed by atoms with van der Waals surface area (Å²) >= 11 is 0. The minimum Gasteiger partial charge on any atom is -0.392 e. The first-order chi connectivity index (χ1) is 10.2. The lowest BCUT2D eigenvalue weighted by Gasteiger charge is -2.23. The molecule has 2 nitrogen and oxygen atoms in total. The number of aliphatic imine (C=N–C) groups is 1. The molecule has 1 aromatic carbocycles. The van der Waals surface area contributed by atoms with Crippen molar-refractivity contribution >= 4 is 11.9 Å². The molecule has 1 N–H and O–H groups in total. The Kier molecular flexibility index (Phi) is 6.62. The van der Waals surface area contributed by atoms with Crippen LogP contribution in [0.25, 0.3) is 0 Å². The molecule has 0 spiro atoms. The van der Waals surface area contributed by atoms with Crippen molar-refractivity contribution in [2.24, 2.45) is 16.3 Å². The van der Waals surface area contributed by atoms with E-state index in [0.717, 1.165) is 18.2 Å². The van der Waals surface area contributed by atoms with E-state index in [1.54, 1.807) is 6.08 Å². The van der Waals surface area contributed by atoms with Crippen LogP contribution in [0, 0.1) is 23.0 Å². The van der Waals surface area contributed by atoms with E-state index in [2.05, 4.69) is 32.7 Å². The van der Waals surface area contributed by atoms with Crippen LogP contribution in [-0.2, 0) is 0 Å². The molecular formula is C18H23F2NO.